The lowest BCUT2D eigenvalue weighted by atomic mass is 10.3. The Morgan fingerprint density at radius 2 is 1.50 bits per heavy atom. The topological polar surface area (TPSA) is 54.0 Å². The van der Waals surface area contributed by atoms with Gasteiger partial charge in [0.05, 0.1) is 14.2 Å². The van der Waals surface area contributed by atoms with Crippen molar-refractivity contribution in [3.63, 3.8) is 0 Å². The molecule has 0 aliphatic carbocycles. The summed E-state index contributed by atoms with van der Waals surface area (Å²) in [7, 11) is 4.47. The maximum absolute atomic E-state index is 11.2. The van der Waals surface area contributed by atoms with Crippen LogP contribution in [0.2, 0.25) is 0 Å². The summed E-state index contributed by atoms with van der Waals surface area (Å²) >= 11 is 0. The van der Waals surface area contributed by atoms with Crippen LogP contribution in [0.1, 0.15) is 0 Å². The minimum absolute atomic E-state index is 0.0977. The summed E-state index contributed by atoms with van der Waals surface area (Å²) in [5, 5.41) is 0. The minimum Gasteiger partial charge on any atom is -0.496 e. The Morgan fingerprint density at radius 1 is 1.00 bits per heavy atom. The Hall–Kier alpha value is -1.75. The van der Waals surface area contributed by atoms with E-state index < -0.39 is 5.97 Å². The van der Waals surface area contributed by atoms with E-state index in [1.165, 1.54) is 21.3 Å². The van der Waals surface area contributed by atoms with E-state index in [9.17, 15) is 4.79 Å². The van der Waals surface area contributed by atoms with Gasteiger partial charge in [0.1, 0.15) is 23.9 Å². The number of benzene rings is 1. The van der Waals surface area contributed by atoms with Gasteiger partial charge in [-0.25, -0.2) is 4.79 Å². The van der Waals surface area contributed by atoms with Gasteiger partial charge in [-0.15, -0.1) is 0 Å². The second-order valence-corrected chi connectivity index (χ2v) is 2.96. The normalized spacial score (nSPS) is 9.69. The standard InChI is InChI=1S/C11H14O5/c1-13-7-11(12)16-10-5-8(14-2)4-9(6-10)15-3/h4-6H,7H2,1-3H3. The first-order valence-electron chi connectivity index (χ1n) is 4.62. The molecule has 0 aliphatic rings. The summed E-state index contributed by atoms with van der Waals surface area (Å²) in [6.07, 6.45) is 0. The molecule has 1 rings (SSSR count). The van der Waals surface area contributed by atoms with Crippen molar-refractivity contribution in [2.75, 3.05) is 27.9 Å². The van der Waals surface area contributed by atoms with Gasteiger partial charge in [0.15, 0.2) is 0 Å². The summed E-state index contributed by atoms with van der Waals surface area (Å²) in [6.45, 7) is -0.0977. The molecule has 88 valence electrons. The van der Waals surface area contributed by atoms with Crippen molar-refractivity contribution in [3.05, 3.63) is 18.2 Å². The van der Waals surface area contributed by atoms with Crippen LogP contribution in [0.15, 0.2) is 18.2 Å². The highest BCUT2D eigenvalue weighted by atomic mass is 16.6. The maximum Gasteiger partial charge on any atom is 0.337 e. The first-order chi connectivity index (χ1) is 7.69. The van der Waals surface area contributed by atoms with Crippen LogP contribution in [0.25, 0.3) is 0 Å². The molecule has 0 unspecified atom stereocenters. The van der Waals surface area contributed by atoms with Crippen molar-refractivity contribution >= 4 is 5.97 Å². The SMILES string of the molecule is COCC(=O)Oc1cc(OC)cc(OC)c1. The molecule has 0 fully saturated rings. The monoisotopic (exact) mass is 226 g/mol. The van der Waals surface area contributed by atoms with Crippen LogP contribution in [-0.2, 0) is 9.53 Å². The lowest BCUT2D eigenvalue weighted by molar-refractivity contribution is -0.138. The Bertz CT molecular complexity index is 339. The molecule has 0 radical (unpaired) electrons. The number of carbonyl (C=O) groups excluding carboxylic acids is 1. The van der Waals surface area contributed by atoms with Gasteiger partial charge in [-0.3, -0.25) is 0 Å². The Kier molecular flexibility index (Phi) is 4.60. The van der Waals surface area contributed by atoms with Crippen LogP contribution in [0.3, 0.4) is 0 Å². The predicted molar refractivity (Wildman–Crippen MR) is 57.1 cm³/mol. The average molecular weight is 226 g/mol. The van der Waals surface area contributed by atoms with E-state index in [1.54, 1.807) is 18.2 Å². The number of esters is 1. The molecule has 0 aromatic heterocycles. The molecule has 1 aromatic carbocycles. The number of carbonyl (C=O) groups is 1. The van der Waals surface area contributed by atoms with Crippen molar-refractivity contribution in [1.29, 1.82) is 0 Å². The van der Waals surface area contributed by atoms with Gasteiger partial charge in [-0.1, -0.05) is 0 Å². The molecule has 0 atom stereocenters. The molecule has 16 heavy (non-hydrogen) atoms. The third-order valence-electron chi connectivity index (χ3n) is 1.82. The van der Waals surface area contributed by atoms with Gasteiger partial charge >= 0.3 is 5.97 Å². The zero-order valence-corrected chi connectivity index (χ0v) is 9.48. The smallest absolute Gasteiger partial charge is 0.337 e. The molecule has 0 aliphatic heterocycles. The number of hydrogen-bond donors (Lipinski definition) is 0. The summed E-state index contributed by atoms with van der Waals surface area (Å²) in [5.41, 5.74) is 0. The number of methoxy groups -OCH3 is 3. The maximum atomic E-state index is 11.2. The van der Waals surface area contributed by atoms with Crippen LogP contribution in [-0.4, -0.2) is 33.9 Å². The highest BCUT2D eigenvalue weighted by Crippen LogP contribution is 2.27. The van der Waals surface area contributed by atoms with Crippen LogP contribution in [0, 0.1) is 0 Å². The quantitative estimate of drug-likeness (QED) is 0.558. The molecule has 1 aromatic rings. The lowest BCUT2D eigenvalue weighted by Crippen LogP contribution is -2.14. The van der Waals surface area contributed by atoms with Crippen molar-refractivity contribution < 1.29 is 23.7 Å². The van der Waals surface area contributed by atoms with Gasteiger partial charge in [0, 0.05) is 25.3 Å². The Morgan fingerprint density at radius 3 is 1.94 bits per heavy atom. The van der Waals surface area contributed by atoms with Crippen LogP contribution in [0.5, 0.6) is 17.2 Å². The van der Waals surface area contributed by atoms with E-state index in [0.29, 0.717) is 17.2 Å². The number of ether oxygens (including phenoxy) is 4. The highest BCUT2D eigenvalue weighted by Gasteiger charge is 2.07. The summed E-state index contributed by atoms with van der Waals surface area (Å²) in [4.78, 5) is 11.2. The molecule has 0 spiro atoms. The minimum atomic E-state index is -0.474. The summed E-state index contributed by atoms with van der Waals surface area (Å²) in [5.74, 6) is 0.996. The van der Waals surface area contributed by atoms with Crippen LogP contribution < -0.4 is 14.2 Å². The zero-order chi connectivity index (χ0) is 12.0. The van der Waals surface area contributed by atoms with Crippen molar-refractivity contribution in [3.8, 4) is 17.2 Å². The van der Waals surface area contributed by atoms with Gasteiger partial charge in [0.2, 0.25) is 0 Å². The van der Waals surface area contributed by atoms with Crippen molar-refractivity contribution in [2.45, 2.75) is 0 Å². The molecular weight excluding hydrogens is 212 g/mol. The Balaban J connectivity index is 2.82. The van der Waals surface area contributed by atoms with E-state index in [1.807, 2.05) is 0 Å². The highest BCUT2D eigenvalue weighted by molar-refractivity contribution is 5.73. The molecule has 0 saturated heterocycles. The van der Waals surface area contributed by atoms with E-state index in [0.717, 1.165) is 0 Å². The number of hydrogen-bond acceptors (Lipinski definition) is 5. The van der Waals surface area contributed by atoms with E-state index in [2.05, 4.69) is 4.74 Å². The number of rotatable bonds is 5. The molecular formula is C11H14O5. The van der Waals surface area contributed by atoms with Crippen molar-refractivity contribution in [1.82, 2.24) is 0 Å². The third kappa shape index (κ3) is 3.43. The molecule has 0 saturated carbocycles. The first-order valence-corrected chi connectivity index (χ1v) is 4.62. The second kappa shape index (κ2) is 5.97. The molecule has 0 amide bonds. The molecule has 0 heterocycles. The van der Waals surface area contributed by atoms with Crippen LogP contribution >= 0.6 is 0 Å². The first kappa shape index (κ1) is 12.3. The molecule has 0 N–H and O–H groups in total. The van der Waals surface area contributed by atoms with Gasteiger partial charge in [0.25, 0.3) is 0 Å². The molecule has 5 heteroatoms. The van der Waals surface area contributed by atoms with Crippen LogP contribution in [0.4, 0.5) is 0 Å². The third-order valence-corrected chi connectivity index (χ3v) is 1.82. The second-order valence-electron chi connectivity index (χ2n) is 2.96. The largest absolute Gasteiger partial charge is 0.496 e. The lowest BCUT2D eigenvalue weighted by Gasteiger charge is -2.08. The van der Waals surface area contributed by atoms with Gasteiger partial charge in [-0.05, 0) is 0 Å². The Labute approximate surface area is 93.9 Å². The fourth-order valence-electron chi connectivity index (χ4n) is 1.12. The fraction of sp³-hybridized carbons (Fsp3) is 0.364. The van der Waals surface area contributed by atoms with Crippen molar-refractivity contribution in [2.24, 2.45) is 0 Å². The fourth-order valence-corrected chi connectivity index (χ4v) is 1.12. The zero-order valence-electron chi connectivity index (χ0n) is 9.48. The van der Waals surface area contributed by atoms with Gasteiger partial charge < -0.3 is 18.9 Å². The van der Waals surface area contributed by atoms with E-state index >= 15 is 0 Å². The molecule has 5 nitrogen and oxygen atoms in total. The average Bonchev–Trinajstić information content (AvgIpc) is 2.28. The molecule has 0 bridgehead atoms. The van der Waals surface area contributed by atoms with E-state index in [4.69, 9.17) is 14.2 Å². The van der Waals surface area contributed by atoms with Gasteiger partial charge in [-0.2, -0.15) is 0 Å². The predicted octanol–water partition coefficient (Wildman–Crippen LogP) is 1.26. The summed E-state index contributed by atoms with van der Waals surface area (Å²) < 4.78 is 19.7. The summed E-state index contributed by atoms with van der Waals surface area (Å²) in [6, 6.07) is 4.87. The van der Waals surface area contributed by atoms with E-state index in [-0.39, 0.29) is 6.61 Å².